The molecule has 4 rings (SSSR count). The number of aryl methyl sites for hydroxylation is 1. The summed E-state index contributed by atoms with van der Waals surface area (Å²) in [5.74, 6) is -0.522. The molecule has 150 valence electrons. The standard InChI is InChI=1S/C21H20F2N4O2/c22-16-6-7-18(23)17(11-16)21(28)27-10-2-3-14(13-27)5-8-19-25-20(29-26-19)15-4-1-9-24-12-15/h1,4,6-7,9,11-12,14H,2-3,5,8,10,13H2. The summed E-state index contributed by atoms with van der Waals surface area (Å²) in [5.41, 5.74) is 0.544. The van der Waals surface area contributed by atoms with Crippen molar-refractivity contribution in [2.75, 3.05) is 13.1 Å². The maximum absolute atomic E-state index is 13.9. The fraction of sp³-hybridized carbons (Fsp3) is 0.333. The van der Waals surface area contributed by atoms with Gasteiger partial charge in [-0.15, -0.1) is 0 Å². The summed E-state index contributed by atoms with van der Waals surface area (Å²) in [7, 11) is 0. The maximum Gasteiger partial charge on any atom is 0.259 e. The van der Waals surface area contributed by atoms with E-state index in [-0.39, 0.29) is 11.5 Å². The molecule has 1 aromatic carbocycles. The van der Waals surface area contributed by atoms with Crippen LogP contribution in [0.2, 0.25) is 0 Å². The monoisotopic (exact) mass is 398 g/mol. The fourth-order valence-corrected chi connectivity index (χ4v) is 3.61. The lowest BCUT2D eigenvalue weighted by Crippen LogP contribution is -2.40. The molecule has 1 unspecified atom stereocenters. The Morgan fingerprint density at radius 3 is 3.00 bits per heavy atom. The topological polar surface area (TPSA) is 72.1 Å². The minimum absolute atomic E-state index is 0.218. The number of pyridine rings is 1. The van der Waals surface area contributed by atoms with E-state index in [9.17, 15) is 13.6 Å². The zero-order valence-electron chi connectivity index (χ0n) is 15.7. The first-order valence-corrected chi connectivity index (χ1v) is 9.57. The highest BCUT2D eigenvalue weighted by molar-refractivity contribution is 5.94. The van der Waals surface area contributed by atoms with Crippen LogP contribution in [0.1, 0.15) is 35.4 Å². The van der Waals surface area contributed by atoms with Gasteiger partial charge in [-0.1, -0.05) is 5.16 Å². The van der Waals surface area contributed by atoms with Crippen LogP contribution in [0.4, 0.5) is 8.78 Å². The van der Waals surface area contributed by atoms with E-state index in [0.717, 1.165) is 43.0 Å². The van der Waals surface area contributed by atoms with E-state index in [1.165, 1.54) is 0 Å². The van der Waals surface area contributed by atoms with Crippen molar-refractivity contribution in [2.45, 2.75) is 25.7 Å². The van der Waals surface area contributed by atoms with Crippen LogP contribution in [0.5, 0.6) is 0 Å². The summed E-state index contributed by atoms with van der Waals surface area (Å²) >= 11 is 0. The molecule has 0 saturated carbocycles. The predicted molar refractivity (Wildman–Crippen MR) is 101 cm³/mol. The van der Waals surface area contributed by atoms with Crippen molar-refractivity contribution in [1.82, 2.24) is 20.0 Å². The maximum atomic E-state index is 13.9. The van der Waals surface area contributed by atoms with Gasteiger partial charge < -0.3 is 9.42 Å². The Kier molecular flexibility index (Phi) is 5.59. The van der Waals surface area contributed by atoms with Gasteiger partial charge in [0.25, 0.3) is 11.8 Å². The quantitative estimate of drug-likeness (QED) is 0.652. The van der Waals surface area contributed by atoms with Gasteiger partial charge in [-0.05, 0) is 55.5 Å². The largest absolute Gasteiger partial charge is 0.338 e. The normalized spacial score (nSPS) is 16.8. The molecule has 0 radical (unpaired) electrons. The van der Waals surface area contributed by atoms with Crippen LogP contribution in [-0.4, -0.2) is 39.0 Å². The van der Waals surface area contributed by atoms with E-state index in [4.69, 9.17) is 4.52 Å². The zero-order valence-corrected chi connectivity index (χ0v) is 15.7. The van der Waals surface area contributed by atoms with Crippen molar-refractivity contribution in [3.63, 3.8) is 0 Å². The number of hydrogen-bond acceptors (Lipinski definition) is 5. The molecule has 8 heteroatoms. The van der Waals surface area contributed by atoms with Crippen molar-refractivity contribution >= 4 is 5.91 Å². The minimum Gasteiger partial charge on any atom is -0.338 e. The Morgan fingerprint density at radius 2 is 2.17 bits per heavy atom. The summed E-state index contributed by atoms with van der Waals surface area (Å²) in [5, 5.41) is 4.01. The third-order valence-electron chi connectivity index (χ3n) is 5.12. The van der Waals surface area contributed by atoms with Crippen molar-refractivity contribution in [1.29, 1.82) is 0 Å². The van der Waals surface area contributed by atoms with Crippen LogP contribution in [0.25, 0.3) is 11.5 Å². The summed E-state index contributed by atoms with van der Waals surface area (Å²) in [6.45, 7) is 1.04. The number of amides is 1. The second-order valence-corrected chi connectivity index (χ2v) is 7.18. The predicted octanol–water partition coefficient (Wildman–Crippen LogP) is 3.89. The van der Waals surface area contributed by atoms with E-state index in [1.54, 1.807) is 23.4 Å². The Hall–Kier alpha value is -3.16. The lowest BCUT2D eigenvalue weighted by Gasteiger charge is -2.32. The number of benzene rings is 1. The smallest absolute Gasteiger partial charge is 0.259 e. The van der Waals surface area contributed by atoms with Gasteiger partial charge in [-0.2, -0.15) is 4.98 Å². The number of aromatic nitrogens is 3. The molecule has 1 amide bonds. The number of carbonyl (C=O) groups is 1. The second-order valence-electron chi connectivity index (χ2n) is 7.18. The second kappa shape index (κ2) is 8.46. The first kappa shape index (κ1) is 19.2. The molecule has 1 aliphatic heterocycles. The molecule has 29 heavy (non-hydrogen) atoms. The molecule has 0 N–H and O–H groups in total. The number of nitrogens with zero attached hydrogens (tertiary/aromatic N) is 4. The van der Waals surface area contributed by atoms with Crippen LogP contribution >= 0.6 is 0 Å². The van der Waals surface area contributed by atoms with Gasteiger partial charge in [0.05, 0.1) is 11.1 Å². The van der Waals surface area contributed by atoms with Crippen molar-refractivity contribution in [3.05, 3.63) is 65.7 Å². The van der Waals surface area contributed by atoms with Gasteiger partial charge in [-0.3, -0.25) is 9.78 Å². The van der Waals surface area contributed by atoms with Crippen LogP contribution in [-0.2, 0) is 6.42 Å². The number of piperidine rings is 1. The molecule has 0 spiro atoms. The van der Waals surface area contributed by atoms with Gasteiger partial charge in [0, 0.05) is 31.9 Å². The Labute approximate surface area is 166 Å². The zero-order chi connectivity index (χ0) is 20.2. The van der Waals surface area contributed by atoms with E-state index >= 15 is 0 Å². The van der Waals surface area contributed by atoms with Gasteiger partial charge in [-0.25, -0.2) is 8.78 Å². The summed E-state index contributed by atoms with van der Waals surface area (Å²) < 4.78 is 32.6. The minimum atomic E-state index is -0.701. The Bertz CT molecular complexity index is 993. The summed E-state index contributed by atoms with van der Waals surface area (Å²) in [4.78, 5) is 22.7. The van der Waals surface area contributed by atoms with Crippen molar-refractivity contribution in [3.8, 4) is 11.5 Å². The van der Waals surface area contributed by atoms with E-state index < -0.39 is 17.5 Å². The molecule has 2 aromatic heterocycles. The molecule has 1 fully saturated rings. The van der Waals surface area contributed by atoms with Gasteiger partial charge >= 0.3 is 0 Å². The number of hydrogen-bond donors (Lipinski definition) is 0. The first-order valence-electron chi connectivity index (χ1n) is 9.57. The number of halogens is 2. The SMILES string of the molecule is O=C(c1cc(F)ccc1F)N1CCCC(CCc2noc(-c3cccnc3)n2)C1. The highest BCUT2D eigenvalue weighted by Gasteiger charge is 2.26. The fourth-order valence-electron chi connectivity index (χ4n) is 3.61. The molecule has 1 atom stereocenters. The van der Waals surface area contributed by atoms with E-state index in [0.29, 0.717) is 31.2 Å². The number of rotatable bonds is 5. The number of carbonyl (C=O) groups excluding carboxylic acids is 1. The van der Waals surface area contributed by atoms with Gasteiger partial charge in [0.2, 0.25) is 0 Å². The molecule has 3 aromatic rings. The summed E-state index contributed by atoms with van der Waals surface area (Å²) in [6, 6.07) is 6.60. The lowest BCUT2D eigenvalue weighted by atomic mass is 9.93. The molecule has 1 saturated heterocycles. The first-order chi connectivity index (χ1) is 14.1. The van der Waals surface area contributed by atoms with Gasteiger partial charge in [0.15, 0.2) is 5.82 Å². The average Bonchev–Trinajstić information content (AvgIpc) is 3.23. The highest BCUT2D eigenvalue weighted by atomic mass is 19.1. The van der Waals surface area contributed by atoms with Crippen LogP contribution < -0.4 is 0 Å². The summed E-state index contributed by atoms with van der Waals surface area (Å²) in [6.07, 6.45) is 6.51. The van der Waals surface area contributed by atoms with Crippen LogP contribution in [0.3, 0.4) is 0 Å². The molecular formula is C21H20F2N4O2. The lowest BCUT2D eigenvalue weighted by molar-refractivity contribution is 0.0662. The number of likely N-dealkylation sites (tertiary alicyclic amines) is 1. The van der Waals surface area contributed by atoms with Gasteiger partial charge in [0.1, 0.15) is 11.6 Å². The Morgan fingerprint density at radius 1 is 1.28 bits per heavy atom. The average molecular weight is 398 g/mol. The van der Waals surface area contributed by atoms with E-state index in [2.05, 4.69) is 15.1 Å². The Balaban J connectivity index is 1.36. The highest BCUT2D eigenvalue weighted by Crippen LogP contribution is 2.24. The molecule has 0 bridgehead atoms. The van der Waals surface area contributed by atoms with Crippen molar-refractivity contribution < 1.29 is 18.1 Å². The van der Waals surface area contributed by atoms with E-state index in [1.807, 2.05) is 6.07 Å². The molecule has 1 aliphatic rings. The van der Waals surface area contributed by atoms with Crippen molar-refractivity contribution in [2.24, 2.45) is 5.92 Å². The third kappa shape index (κ3) is 4.47. The van der Waals surface area contributed by atoms with Crippen LogP contribution in [0.15, 0.2) is 47.2 Å². The molecule has 3 heterocycles. The third-order valence-corrected chi connectivity index (χ3v) is 5.12. The van der Waals surface area contributed by atoms with Crippen LogP contribution in [0, 0.1) is 17.6 Å². The molecule has 0 aliphatic carbocycles. The molecular weight excluding hydrogens is 378 g/mol. The molecule has 6 nitrogen and oxygen atoms in total.